The molecule has 0 radical (unpaired) electrons. The molecule has 1 atom stereocenters. The average Bonchev–Trinajstić information content (AvgIpc) is 3.02. The summed E-state index contributed by atoms with van der Waals surface area (Å²) < 4.78 is 0. The number of fused-ring (bicyclic) bond motifs is 1. The minimum atomic E-state index is 0. The molecule has 2 aromatic rings. The predicted octanol–water partition coefficient (Wildman–Crippen LogP) is 3.78. The highest BCUT2D eigenvalue weighted by atomic mass is 35.5. The second-order valence-corrected chi connectivity index (χ2v) is 6.37. The Bertz CT molecular complexity index is 638. The van der Waals surface area contributed by atoms with E-state index in [9.17, 15) is 4.79 Å². The van der Waals surface area contributed by atoms with Crippen LogP contribution in [0.2, 0.25) is 0 Å². The van der Waals surface area contributed by atoms with Gasteiger partial charge in [-0.25, -0.2) is 0 Å². The van der Waals surface area contributed by atoms with Crippen molar-refractivity contribution in [3.05, 3.63) is 57.3 Å². The molecule has 0 fully saturated rings. The maximum absolute atomic E-state index is 12.8. The van der Waals surface area contributed by atoms with Crippen LogP contribution in [-0.2, 0) is 13.0 Å². The van der Waals surface area contributed by atoms with Gasteiger partial charge in [-0.15, -0.1) is 23.7 Å². The summed E-state index contributed by atoms with van der Waals surface area (Å²) in [5.41, 5.74) is 8.75. The standard InChI is InChI=1S/C17H20N2OS.ClH/c1-2-15-14-8-10-21-16(14)7-9-19(15)17(20)13-5-3-12(11-18)4-6-13;/h3-6,8,10,15H,2,7,9,11,18H2,1H3;1H. The van der Waals surface area contributed by atoms with Crippen LogP contribution in [0, 0.1) is 0 Å². The fraction of sp³-hybridized carbons (Fsp3) is 0.353. The lowest BCUT2D eigenvalue weighted by molar-refractivity contribution is 0.0657. The quantitative estimate of drug-likeness (QED) is 0.927. The number of nitrogens with two attached hydrogens (primary N) is 1. The van der Waals surface area contributed by atoms with Gasteiger partial charge >= 0.3 is 0 Å². The van der Waals surface area contributed by atoms with Gasteiger partial charge < -0.3 is 10.6 Å². The normalized spacial score (nSPS) is 16.8. The molecule has 3 nitrogen and oxygen atoms in total. The largest absolute Gasteiger partial charge is 0.331 e. The summed E-state index contributed by atoms with van der Waals surface area (Å²) in [6, 6.07) is 10.0. The zero-order valence-corrected chi connectivity index (χ0v) is 14.3. The third-order valence-corrected chi connectivity index (χ3v) is 5.18. The van der Waals surface area contributed by atoms with Crippen LogP contribution in [0.4, 0.5) is 0 Å². The second kappa shape index (κ2) is 7.27. The highest BCUT2D eigenvalue weighted by Crippen LogP contribution is 2.35. The third kappa shape index (κ3) is 3.05. The van der Waals surface area contributed by atoms with Crippen molar-refractivity contribution in [3.63, 3.8) is 0 Å². The number of carbonyl (C=O) groups is 1. The van der Waals surface area contributed by atoms with Crippen LogP contribution in [0.1, 0.15) is 45.7 Å². The van der Waals surface area contributed by atoms with Gasteiger partial charge in [0.05, 0.1) is 6.04 Å². The number of thiophene rings is 1. The lowest BCUT2D eigenvalue weighted by atomic mass is 9.96. The lowest BCUT2D eigenvalue weighted by Crippen LogP contribution is -2.39. The monoisotopic (exact) mass is 336 g/mol. The molecule has 1 aromatic carbocycles. The van der Waals surface area contributed by atoms with E-state index in [-0.39, 0.29) is 24.4 Å². The van der Waals surface area contributed by atoms with E-state index in [4.69, 9.17) is 5.73 Å². The Morgan fingerprint density at radius 2 is 2.05 bits per heavy atom. The number of hydrogen-bond acceptors (Lipinski definition) is 3. The van der Waals surface area contributed by atoms with E-state index in [0.717, 1.165) is 30.5 Å². The number of nitrogens with zero attached hydrogens (tertiary/aromatic N) is 1. The van der Waals surface area contributed by atoms with Crippen molar-refractivity contribution in [3.8, 4) is 0 Å². The van der Waals surface area contributed by atoms with Crippen molar-refractivity contribution in [2.45, 2.75) is 32.4 Å². The van der Waals surface area contributed by atoms with Crippen LogP contribution in [0.25, 0.3) is 0 Å². The van der Waals surface area contributed by atoms with Crippen LogP contribution >= 0.6 is 23.7 Å². The Morgan fingerprint density at radius 3 is 2.68 bits per heavy atom. The molecule has 1 unspecified atom stereocenters. The number of benzene rings is 1. The van der Waals surface area contributed by atoms with Crippen molar-refractivity contribution in [1.29, 1.82) is 0 Å². The molecule has 0 saturated carbocycles. The van der Waals surface area contributed by atoms with Gasteiger partial charge in [-0.2, -0.15) is 0 Å². The predicted molar refractivity (Wildman–Crippen MR) is 93.7 cm³/mol. The Balaban J connectivity index is 0.00000176. The molecule has 1 aliphatic rings. The molecule has 0 saturated heterocycles. The molecule has 3 rings (SSSR count). The van der Waals surface area contributed by atoms with Crippen molar-refractivity contribution in [1.82, 2.24) is 4.90 Å². The van der Waals surface area contributed by atoms with Crippen LogP contribution in [0.15, 0.2) is 35.7 Å². The minimum absolute atomic E-state index is 0. The van der Waals surface area contributed by atoms with Crippen LogP contribution in [-0.4, -0.2) is 17.4 Å². The van der Waals surface area contributed by atoms with E-state index in [1.54, 1.807) is 0 Å². The topological polar surface area (TPSA) is 46.3 Å². The number of halogens is 1. The van der Waals surface area contributed by atoms with Gasteiger partial charge in [0.2, 0.25) is 0 Å². The molecule has 1 amide bonds. The fourth-order valence-corrected chi connectivity index (χ4v) is 3.96. The zero-order chi connectivity index (χ0) is 14.8. The van der Waals surface area contributed by atoms with Crippen molar-refractivity contribution >= 4 is 29.7 Å². The molecule has 118 valence electrons. The Morgan fingerprint density at radius 1 is 1.32 bits per heavy atom. The molecule has 0 aliphatic carbocycles. The molecule has 0 spiro atoms. The van der Waals surface area contributed by atoms with Gasteiger partial charge in [0.1, 0.15) is 0 Å². The molecule has 2 N–H and O–H groups in total. The fourth-order valence-electron chi connectivity index (χ4n) is 3.03. The first kappa shape index (κ1) is 17.0. The molecule has 1 aromatic heterocycles. The third-order valence-electron chi connectivity index (χ3n) is 4.18. The summed E-state index contributed by atoms with van der Waals surface area (Å²) in [7, 11) is 0. The van der Waals surface area contributed by atoms with Gasteiger partial charge in [-0.05, 0) is 47.5 Å². The van der Waals surface area contributed by atoms with E-state index < -0.39 is 0 Å². The zero-order valence-electron chi connectivity index (χ0n) is 12.6. The van der Waals surface area contributed by atoms with Crippen molar-refractivity contribution < 1.29 is 4.79 Å². The lowest BCUT2D eigenvalue weighted by Gasteiger charge is -2.35. The Kier molecular flexibility index (Phi) is 5.62. The van der Waals surface area contributed by atoms with E-state index in [0.29, 0.717) is 6.54 Å². The highest BCUT2D eigenvalue weighted by Gasteiger charge is 2.30. The SMILES string of the molecule is CCC1c2ccsc2CCN1C(=O)c1ccc(CN)cc1.Cl. The smallest absolute Gasteiger partial charge is 0.254 e. The molecular weight excluding hydrogens is 316 g/mol. The molecule has 0 bridgehead atoms. The van der Waals surface area contributed by atoms with Gasteiger partial charge in [0, 0.05) is 23.5 Å². The maximum atomic E-state index is 12.8. The first-order chi connectivity index (χ1) is 10.2. The number of hydrogen-bond donors (Lipinski definition) is 1. The molecule has 22 heavy (non-hydrogen) atoms. The summed E-state index contributed by atoms with van der Waals surface area (Å²) in [5.74, 6) is 0.127. The number of amides is 1. The molecule has 1 aliphatic heterocycles. The molecule has 5 heteroatoms. The second-order valence-electron chi connectivity index (χ2n) is 5.37. The first-order valence-electron chi connectivity index (χ1n) is 7.40. The first-order valence-corrected chi connectivity index (χ1v) is 8.28. The van der Waals surface area contributed by atoms with E-state index in [1.165, 1.54) is 10.4 Å². The Labute approximate surface area is 141 Å². The van der Waals surface area contributed by atoms with Crippen molar-refractivity contribution in [2.75, 3.05) is 6.54 Å². The summed E-state index contributed by atoms with van der Waals surface area (Å²) in [6.45, 7) is 3.47. The van der Waals surface area contributed by atoms with Gasteiger partial charge in [-0.1, -0.05) is 19.1 Å². The number of carbonyl (C=O) groups excluding carboxylic acids is 1. The van der Waals surface area contributed by atoms with Crippen LogP contribution in [0.5, 0.6) is 0 Å². The summed E-state index contributed by atoms with van der Waals surface area (Å²) >= 11 is 1.81. The summed E-state index contributed by atoms with van der Waals surface area (Å²) in [5, 5.41) is 2.14. The van der Waals surface area contributed by atoms with Gasteiger partial charge in [0.25, 0.3) is 5.91 Å². The number of rotatable bonds is 3. The maximum Gasteiger partial charge on any atom is 0.254 e. The van der Waals surface area contributed by atoms with Gasteiger partial charge in [0.15, 0.2) is 0 Å². The van der Waals surface area contributed by atoms with Crippen molar-refractivity contribution in [2.24, 2.45) is 5.73 Å². The van der Waals surface area contributed by atoms with Crippen LogP contribution < -0.4 is 5.73 Å². The Hall–Kier alpha value is -1.36. The van der Waals surface area contributed by atoms with Crippen LogP contribution in [0.3, 0.4) is 0 Å². The minimum Gasteiger partial charge on any atom is -0.331 e. The van der Waals surface area contributed by atoms with E-state index in [1.807, 2.05) is 40.5 Å². The summed E-state index contributed by atoms with van der Waals surface area (Å²) in [4.78, 5) is 16.3. The average molecular weight is 337 g/mol. The molecular formula is C17H21ClN2OS. The van der Waals surface area contributed by atoms with Gasteiger partial charge in [-0.3, -0.25) is 4.79 Å². The van der Waals surface area contributed by atoms with E-state index in [2.05, 4.69) is 18.4 Å². The highest BCUT2D eigenvalue weighted by molar-refractivity contribution is 7.10. The van der Waals surface area contributed by atoms with E-state index >= 15 is 0 Å². The summed E-state index contributed by atoms with van der Waals surface area (Å²) in [6.07, 6.45) is 1.92. The molecule has 2 heterocycles.